The molecule has 4 N–H and O–H groups in total. The number of carbonyl (C=O) groups excluding carboxylic acids is 1. The smallest absolute Gasteiger partial charge is 0.270 e. The first-order valence-electron chi connectivity index (χ1n) is 14.1. The van der Waals surface area contributed by atoms with E-state index < -0.39 is 11.5 Å². The monoisotopic (exact) mass is 540 g/mol. The van der Waals surface area contributed by atoms with Gasteiger partial charge in [0.15, 0.2) is 0 Å². The average molecular weight is 541 g/mol. The molecule has 1 aliphatic carbocycles. The van der Waals surface area contributed by atoms with E-state index in [1.165, 1.54) is 37.1 Å². The van der Waals surface area contributed by atoms with Crippen molar-refractivity contribution in [2.75, 3.05) is 13.1 Å². The van der Waals surface area contributed by atoms with Crippen molar-refractivity contribution < 1.29 is 4.79 Å². The fourth-order valence-corrected chi connectivity index (χ4v) is 4.76. The highest BCUT2D eigenvalue weighted by Gasteiger charge is 2.20. The molecular formula is C32H40N6O2. The first-order chi connectivity index (χ1) is 19.4. The molecule has 0 aliphatic heterocycles. The Hall–Kier alpha value is -4.04. The Morgan fingerprint density at radius 2 is 1.90 bits per heavy atom. The molecule has 2 heterocycles. The van der Waals surface area contributed by atoms with Crippen molar-refractivity contribution in [3.05, 3.63) is 117 Å². The molecule has 40 heavy (non-hydrogen) atoms. The van der Waals surface area contributed by atoms with Gasteiger partial charge in [-0.3, -0.25) is 15.0 Å². The van der Waals surface area contributed by atoms with Crippen LogP contribution in [-0.4, -0.2) is 33.5 Å². The van der Waals surface area contributed by atoms with E-state index in [0.29, 0.717) is 24.3 Å². The van der Waals surface area contributed by atoms with Crippen LogP contribution in [0.25, 0.3) is 0 Å². The number of benzene rings is 1. The summed E-state index contributed by atoms with van der Waals surface area (Å²) in [5, 5.41) is 15.2. The van der Waals surface area contributed by atoms with Gasteiger partial charge in [0.2, 0.25) is 5.56 Å². The van der Waals surface area contributed by atoms with Crippen molar-refractivity contribution in [1.82, 2.24) is 25.2 Å². The third-order valence-corrected chi connectivity index (χ3v) is 7.30. The second kappa shape index (κ2) is 14.4. The van der Waals surface area contributed by atoms with Crippen LogP contribution in [0.3, 0.4) is 0 Å². The number of nitrogens with one attached hydrogen (secondary N) is 4. The molecule has 1 fully saturated rings. The summed E-state index contributed by atoms with van der Waals surface area (Å²) in [7, 11) is 0. The maximum atomic E-state index is 12.9. The summed E-state index contributed by atoms with van der Waals surface area (Å²) < 4.78 is 1.95. The summed E-state index contributed by atoms with van der Waals surface area (Å²) in [4.78, 5) is 31.9. The highest BCUT2D eigenvalue weighted by atomic mass is 16.2. The molecule has 2 aromatic heterocycles. The van der Waals surface area contributed by atoms with Crippen LogP contribution in [0.4, 0.5) is 0 Å². The quantitative estimate of drug-likeness (QED) is 0.291. The second-order valence-electron chi connectivity index (χ2n) is 10.8. The Morgan fingerprint density at radius 1 is 1.12 bits per heavy atom. The van der Waals surface area contributed by atoms with Gasteiger partial charge in [0.25, 0.3) is 5.91 Å². The van der Waals surface area contributed by atoms with E-state index in [9.17, 15) is 9.59 Å². The number of aryl methyl sites for hydroxylation is 1. The zero-order valence-electron chi connectivity index (χ0n) is 23.4. The molecule has 1 amide bonds. The lowest BCUT2D eigenvalue weighted by atomic mass is 9.85. The van der Waals surface area contributed by atoms with Crippen molar-refractivity contribution in [3.63, 3.8) is 0 Å². The number of amides is 1. The van der Waals surface area contributed by atoms with Gasteiger partial charge in [-0.25, -0.2) is 4.98 Å². The highest BCUT2D eigenvalue weighted by molar-refractivity contribution is 5.92. The molecule has 1 saturated carbocycles. The van der Waals surface area contributed by atoms with E-state index in [-0.39, 0.29) is 17.7 Å². The minimum Gasteiger partial charge on any atom is -0.350 e. The lowest BCUT2D eigenvalue weighted by Crippen LogP contribution is -2.34. The van der Waals surface area contributed by atoms with Gasteiger partial charge in [-0.2, -0.15) is 0 Å². The lowest BCUT2D eigenvalue weighted by Gasteiger charge is -2.29. The Morgan fingerprint density at radius 3 is 2.65 bits per heavy atom. The molecule has 0 radical (unpaired) electrons. The summed E-state index contributed by atoms with van der Waals surface area (Å²) >= 11 is 0. The first kappa shape index (κ1) is 29.0. The summed E-state index contributed by atoms with van der Waals surface area (Å²) in [5.74, 6) is 0.385. The summed E-state index contributed by atoms with van der Waals surface area (Å²) in [5.41, 5.74) is 3.11. The number of aromatic nitrogens is 3. The Balaban J connectivity index is 1.45. The molecule has 2 unspecified atom stereocenters. The molecule has 8 heteroatoms. The topological polar surface area (TPSA) is 116 Å². The Labute approximate surface area is 235 Å². The van der Waals surface area contributed by atoms with Crippen molar-refractivity contribution in [1.29, 1.82) is 5.41 Å². The van der Waals surface area contributed by atoms with Crippen LogP contribution >= 0.6 is 0 Å². The minimum absolute atomic E-state index is 0.0469. The number of hydrogen-bond acceptors (Lipinski definition) is 5. The van der Waals surface area contributed by atoms with Crippen LogP contribution in [0.2, 0.25) is 0 Å². The largest absolute Gasteiger partial charge is 0.350 e. The van der Waals surface area contributed by atoms with Gasteiger partial charge in [0.1, 0.15) is 11.2 Å². The van der Waals surface area contributed by atoms with E-state index in [4.69, 9.17) is 5.41 Å². The standard InChI is InChI=1S/C32H40N6O2/c1-23(19-36-32(40)29-18-31(39)34-16-7-6-9-24(2)37-29)21-38-22-27(14-15-30(38)33)28(35-20-26-12-8-13-26)17-25-10-4-3-5-11-25/h3-7,9-11,14-16,18,22-23,26,28,33,35H,8,12-13,17,19-21H2,1-2H3,(H,34,39)(H,36,40). The number of pyridine rings is 1. The minimum atomic E-state index is -0.413. The van der Waals surface area contributed by atoms with Gasteiger partial charge >= 0.3 is 0 Å². The zero-order valence-corrected chi connectivity index (χ0v) is 23.4. The van der Waals surface area contributed by atoms with E-state index in [0.717, 1.165) is 24.4 Å². The van der Waals surface area contributed by atoms with Crippen molar-refractivity contribution >= 4 is 5.91 Å². The predicted molar refractivity (Wildman–Crippen MR) is 157 cm³/mol. The van der Waals surface area contributed by atoms with E-state index in [2.05, 4.69) is 51.1 Å². The van der Waals surface area contributed by atoms with Crippen molar-refractivity contribution in [2.45, 2.75) is 52.1 Å². The fourth-order valence-electron chi connectivity index (χ4n) is 4.76. The molecule has 0 bridgehead atoms. The van der Waals surface area contributed by atoms with E-state index in [1.807, 2.05) is 29.7 Å². The highest BCUT2D eigenvalue weighted by Crippen LogP contribution is 2.27. The molecule has 210 valence electrons. The molecule has 1 aliphatic rings. The van der Waals surface area contributed by atoms with Gasteiger partial charge in [0.05, 0.1) is 0 Å². The fraction of sp³-hybridized carbons (Fsp3) is 0.375. The zero-order chi connectivity index (χ0) is 28.3. The molecule has 1 aromatic carbocycles. The van der Waals surface area contributed by atoms with Gasteiger partial charge in [-0.05, 0) is 73.9 Å². The Kier molecular flexibility index (Phi) is 10.4. The molecule has 4 rings (SSSR count). The maximum Gasteiger partial charge on any atom is 0.270 e. The van der Waals surface area contributed by atoms with Crippen LogP contribution in [0.15, 0.2) is 83.9 Å². The maximum absolute atomic E-state index is 12.9. The first-order valence-corrected chi connectivity index (χ1v) is 14.1. The van der Waals surface area contributed by atoms with Crippen molar-refractivity contribution in [2.24, 2.45) is 11.8 Å². The third kappa shape index (κ3) is 8.74. The second-order valence-corrected chi connectivity index (χ2v) is 10.8. The molecule has 2 atom stereocenters. The molecule has 0 spiro atoms. The lowest BCUT2D eigenvalue weighted by molar-refractivity contribution is 0.0941. The number of rotatable bonds is 11. The number of carbonyl (C=O) groups is 1. The van der Waals surface area contributed by atoms with Crippen LogP contribution in [-0.2, 0) is 13.0 Å². The normalized spacial score (nSPS) is 14.4. The molecular weight excluding hydrogens is 500 g/mol. The van der Waals surface area contributed by atoms with E-state index >= 15 is 0 Å². The SMILES string of the molecule is Cc1cccc[nH]c(=O)cc(C(=O)NCC(C)Cn2cc(C(Cc3ccccc3)NCC3CCC3)ccc2=N)n1. The van der Waals surface area contributed by atoms with Gasteiger partial charge in [0, 0.05) is 43.3 Å². The Bertz CT molecular complexity index is 1440. The third-order valence-electron chi connectivity index (χ3n) is 7.30. The molecule has 0 saturated heterocycles. The van der Waals surface area contributed by atoms with Gasteiger partial charge in [-0.1, -0.05) is 55.8 Å². The van der Waals surface area contributed by atoms with Crippen LogP contribution in [0.5, 0.6) is 0 Å². The summed E-state index contributed by atoms with van der Waals surface area (Å²) in [6.45, 7) is 5.77. The predicted octanol–water partition coefficient (Wildman–Crippen LogP) is 4.22. The van der Waals surface area contributed by atoms with Crippen molar-refractivity contribution in [3.8, 4) is 0 Å². The van der Waals surface area contributed by atoms with Gasteiger partial charge < -0.3 is 20.2 Å². The summed E-state index contributed by atoms with van der Waals surface area (Å²) in [6, 6.07) is 21.0. The van der Waals surface area contributed by atoms with Crippen LogP contribution in [0, 0.1) is 24.2 Å². The van der Waals surface area contributed by atoms with E-state index in [1.54, 1.807) is 25.1 Å². The molecule has 3 aromatic rings. The number of nitrogens with zero attached hydrogens (tertiary/aromatic N) is 2. The number of aromatic amines is 1. The number of H-pyrrole nitrogens is 1. The average Bonchev–Trinajstić information content (AvgIpc) is 2.91. The summed E-state index contributed by atoms with van der Waals surface area (Å²) in [6.07, 6.45) is 8.37. The number of hydrogen-bond donors (Lipinski definition) is 4. The van der Waals surface area contributed by atoms with Crippen LogP contribution in [0.1, 0.15) is 59.5 Å². The molecule has 8 nitrogen and oxygen atoms in total. The van der Waals surface area contributed by atoms with Gasteiger partial charge in [-0.15, -0.1) is 0 Å². The van der Waals surface area contributed by atoms with Crippen LogP contribution < -0.4 is 21.7 Å².